The summed E-state index contributed by atoms with van der Waals surface area (Å²) in [5.74, 6) is 0. The maximum absolute atomic E-state index is 10.5. The molecule has 2 aromatic rings. The summed E-state index contributed by atoms with van der Waals surface area (Å²) >= 11 is 5.30. The second kappa shape index (κ2) is 21.2. The van der Waals surface area contributed by atoms with Crippen molar-refractivity contribution in [3.05, 3.63) is 58.7 Å². The van der Waals surface area contributed by atoms with E-state index in [1.54, 1.807) is 0 Å². The third-order valence-electron chi connectivity index (χ3n) is 7.46. The average molecular weight is 528 g/mol. The van der Waals surface area contributed by atoms with Crippen LogP contribution < -0.4 is 5.32 Å². The van der Waals surface area contributed by atoms with Crippen molar-refractivity contribution in [1.82, 2.24) is 0 Å². The van der Waals surface area contributed by atoms with E-state index in [4.69, 9.17) is 11.6 Å². The molecule has 2 aromatic carbocycles. The van der Waals surface area contributed by atoms with Crippen molar-refractivity contribution in [2.24, 2.45) is 0 Å². The maximum Gasteiger partial charge on any atom is 0.221 e. The Morgan fingerprint density at radius 2 is 0.946 bits per heavy atom. The molecular formula is C34H54ClNO. The van der Waals surface area contributed by atoms with E-state index in [1.807, 2.05) is 0 Å². The smallest absolute Gasteiger partial charge is 0.221 e. The minimum absolute atomic E-state index is 0.181. The summed E-state index contributed by atoms with van der Waals surface area (Å²) in [7, 11) is 0. The topological polar surface area (TPSA) is 29.1 Å². The number of hydrogen-bond donors (Lipinski definition) is 1. The molecule has 0 heterocycles. The van der Waals surface area contributed by atoms with Crippen LogP contribution in [0.1, 0.15) is 132 Å². The van der Waals surface area contributed by atoms with E-state index < -0.39 is 0 Å². The zero-order valence-electron chi connectivity index (χ0n) is 24.6. The highest BCUT2D eigenvalue weighted by Gasteiger charge is 2.04. The van der Waals surface area contributed by atoms with Gasteiger partial charge in [0.05, 0.1) is 0 Å². The van der Waals surface area contributed by atoms with Crippen molar-refractivity contribution >= 4 is 28.2 Å². The van der Waals surface area contributed by atoms with E-state index in [2.05, 4.69) is 76.3 Å². The number of aryl methyl sites for hydroxylation is 2. The molecule has 37 heavy (non-hydrogen) atoms. The van der Waals surface area contributed by atoms with E-state index in [0.29, 0.717) is 6.42 Å². The van der Waals surface area contributed by atoms with Crippen molar-refractivity contribution in [2.75, 3.05) is 5.32 Å². The van der Waals surface area contributed by atoms with Gasteiger partial charge in [0, 0.05) is 17.8 Å². The predicted octanol–water partition coefficient (Wildman–Crippen LogP) is 11.7. The van der Waals surface area contributed by atoms with E-state index in [-0.39, 0.29) is 5.24 Å². The van der Waals surface area contributed by atoms with Crippen LogP contribution in [0.25, 0.3) is 0 Å². The minimum Gasteiger partial charge on any atom is -0.355 e. The monoisotopic (exact) mass is 527 g/mol. The molecule has 0 spiro atoms. The summed E-state index contributed by atoms with van der Waals surface area (Å²) < 4.78 is 0. The van der Waals surface area contributed by atoms with Crippen molar-refractivity contribution in [1.29, 1.82) is 0 Å². The highest BCUT2D eigenvalue weighted by Crippen LogP contribution is 2.26. The molecule has 3 heteroatoms. The number of hydrogen-bond acceptors (Lipinski definition) is 2. The third kappa shape index (κ3) is 15.9. The Hall–Kier alpha value is -1.80. The molecule has 0 aliphatic rings. The molecular weight excluding hydrogens is 474 g/mol. The van der Waals surface area contributed by atoms with Crippen molar-refractivity contribution in [3.8, 4) is 0 Å². The van der Waals surface area contributed by atoms with Crippen LogP contribution in [0.4, 0.5) is 11.4 Å². The van der Waals surface area contributed by atoms with Gasteiger partial charge in [-0.3, -0.25) is 4.79 Å². The largest absolute Gasteiger partial charge is 0.355 e. The Morgan fingerprint density at radius 3 is 1.30 bits per heavy atom. The SMILES string of the molecule is CCCCCCCCCCCCCCCCCC(=O)Cl.Cc1cccc(Nc2cccc(C)c2C)c1C. The van der Waals surface area contributed by atoms with Gasteiger partial charge < -0.3 is 5.32 Å². The summed E-state index contributed by atoms with van der Waals surface area (Å²) in [5, 5.41) is 3.34. The lowest BCUT2D eigenvalue weighted by Crippen LogP contribution is -1.97. The van der Waals surface area contributed by atoms with Gasteiger partial charge in [-0.25, -0.2) is 0 Å². The molecule has 0 aromatic heterocycles. The van der Waals surface area contributed by atoms with Gasteiger partial charge in [0.1, 0.15) is 0 Å². The van der Waals surface area contributed by atoms with Crippen LogP contribution in [-0.2, 0) is 4.79 Å². The Morgan fingerprint density at radius 1 is 0.595 bits per heavy atom. The fourth-order valence-electron chi connectivity index (χ4n) is 4.55. The van der Waals surface area contributed by atoms with Gasteiger partial charge in [-0.05, 0) is 80.1 Å². The number of rotatable bonds is 18. The third-order valence-corrected chi connectivity index (χ3v) is 7.64. The first kappa shape index (κ1) is 33.2. The molecule has 0 fully saturated rings. The van der Waals surface area contributed by atoms with Gasteiger partial charge >= 0.3 is 0 Å². The van der Waals surface area contributed by atoms with Crippen LogP contribution >= 0.6 is 11.6 Å². The first-order chi connectivity index (χ1) is 17.9. The Balaban J connectivity index is 0.000000373. The summed E-state index contributed by atoms with van der Waals surface area (Å²) in [5.41, 5.74) is 7.65. The standard InChI is InChI=1S/C18H35ClO.C16H19N/c1-2-3-4-5-6-7-8-9-10-11-12-13-14-15-16-17-18(19)20;1-11-7-5-9-15(13(11)3)17-16-10-6-8-12(2)14(16)4/h2-17H2,1H3;5-10,17H,1-4H3. The van der Waals surface area contributed by atoms with Gasteiger partial charge in [-0.15, -0.1) is 0 Å². The van der Waals surface area contributed by atoms with Gasteiger partial charge in [0.2, 0.25) is 5.24 Å². The summed E-state index contributed by atoms with van der Waals surface area (Å²) in [6.45, 7) is 10.9. The number of anilines is 2. The first-order valence-corrected chi connectivity index (χ1v) is 15.3. The van der Waals surface area contributed by atoms with Gasteiger partial charge in [-0.1, -0.05) is 121 Å². The molecule has 0 bridgehead atoms. The van der Waals surface area contributed by atoms with Crippen LogP contribution in [0.15, 0.2) is 36.4 Å². The highest BCUT2D eigenvalue weighted by molar-refractivity contribution is 6.63. The fourth-order valence-corrected chi connectivity index (χ4v) is 4.69. The number of halogens is 1. The zero-order chi connectivity index (χ0) is 27.3. The van der Waals surface area contributed by atoms with Crippen LogP contribution in [0.5, 0.6) is 0 Å². The van der Waals surface area contributed by atoms with Gasteiger partial charge in [-0.2, -0.15) is 0 Å². The van der Waals surface area contributed by atoms with Crippen LogP contribution in [-0.4, -0.2) is 5.24 Å². The lowest BCUT2D eigenvalue weighted by molar-refractivity contribution is -0.111. The minimum atomic E-state index is -0.181. The van der Waals surface area contributed by atoms with Crippen LogP contribution in [0.2, 0.25) is 0 Å². The molecule has 0 saturated carbocycles. The molecule has 0 amide bonds. The van der Waals surface area contributed by atoms with Crippen LogP contribution in [0.3, 0.4) is 0 Å². The predicted molar refractivity (Wildman–Crippen MR) is 166 cm³/mol. The van der Waals surface area contributed by atoms with Gasteiger partial charge in [0.25, 0.3) is 0 Å². The summed E-state index contributed by atoms with van der Waals surface area (Å²) in [6, 6.07) is 12.7. The van der Waals surface area contributed by atoms with Crippen molar-refractivity contribution in [2.45, 2.75) is 137 Å². The molecule has 0 atom stereocenters. The summed E-state index contributed by atoms with van der Waals surface area (Å²) in [4.78, 5) is 10.5. The molecule has 0 aliphatic carbocycles. The van der Waals surface area contributed by atoms with Crippen LogP contribution in [0, 0.1) is 27.7 Å². The molecule has 0 unspecified atom stereocenters. The Bertz CT molecular complexity index is 827. The second-order valence-electron chi connectivity index (χ2n) is 10.7. The molecule has 208 valence electrons. The Labute approximate surface area is 234 Å². The second-order valence-corrected chi connectivity index (χ2v) is 11.1. The normalized spacial score (nSPS) is 10.6. The quantitative estimate of drug-likeness (QED) is 0.154. The summed E-state index contributed by atoms with van der Waals surface area (Å²) in [6.07, 6.45) is 20.8. The number of unbranched alkanes of at least 4 members (excludes halogenated alkanes) is 14. The van der Waals surface area contributed by atoms with Crippen molar-refractivity contribution < 1.29 is 4.79 Å². The molecule has 2 nitrogen and oxygen atoms in total. The van der Waals surface area contributed by atoms with E-state index in [9.17, 15) is 4.79 Å². The first-order valence-electron chi connectivity index (χ1n) is 14.9. The number of nitrogens with one attached hydrogen (secondary N) is 1. The van der Waals surface area contributed by atoms with E-state index in [0.717, 1.165) is 12.8 Å². The molecule has 1 N–H and O–H groups in total. The maximum atomic E-state index is 10.5. The van der Waals surface area contributed by atoms with Gasteiger partial charge in [0.15, 0.2) is 0 Å². The average Bonchev–Trinajstić information content (AvgIpc) is 2.87. The van der Waals surface area contributed by atoms with Crippen molar-refractivity contribution in [3.63, 3.8) is 0 Å². The number of carbonyl (C=O) groups excluding carboxylic acids is 1. The Kier molecular flexibility index (Phi) is 19.0. The van der Waals surface area contributed by atoms with E-state index >= 15 is 0 Å². The number of benzene rings is 2. The zero-order valence-corrected chi connectivity index (χ0v) is 25.3. The molecule has 0 saturated heterocycles. The lowest BCUT2D eigenvalue weighted by atomic mass is 10.0. The molecule has 0 radical (unpaired) electrons. The number of carbonyl (C=O) groups is 1. The molecule has 2 rings (SSSR count). The van der Waals surface area contributed by atoms with E-state index in [1.165, 1.54) is 117 Å². The fraction of sp³-hybridized carbons (Fsp3) is 0.618. The highest BCUT2D eigenvalue weighted by atomic mass is 35.5. The lowest BCUT2D eigenvalue weighted by Gasteiger charge is -2.14. The molecule has 0 aliphatic heterocycles.